The monoisotopic (exact) mass is 336 g/mol. The minimum atomic E-state index is -4.48. The molecule has 1 fully saturated rings. The number of rotatable bonds is 2. The molecular weight excluding hydrogens is 317 g/mol. The van der Waals surface area contributed by atoms with Gasteiger partial charge in [-0.2, -0.15) is 13.2 Å². The van der Waals surface area contributed by atoms with Crippen LogP contribution in [-0.2, 0) is 6.18 Å². The van der Waals surface area contributed by atoms with Crippen LogP contribution in [0, 0.1) is 0 Å². The van der Waals surface area contributed by atoms with Gasteiger partial charge in [0.15, 0.2) is 5.82 Å². The standard InChI is InChI=1S/C17H19F3N4/c18-17(19,20)12-7-3-1-5-10(12)16-23-14(9-15(22)24-16)11-6-2-4-8-13(11)21/h1,3,5,7,9,11,13H,2,4,6,8,21H2,(H2,22,23,24). The third-order valence-corrected chi connectivity index (χ3v) is 4.44. The van der Waals surface area contributed by atoms with Crippen molar-refractivity contribution >= 4 is 5.82 Å². The Kier molecular flexibility index (Phi) is 4.45. The van der Waals surface area contributed by atoms with E-state index in [0.29, 0.717) is 5.69 Å². The zero-order chi connectivity index (χ0) is 17.3. The summed E-state index contributed by atoms with van der Waals surface area (Å²) < 4.78 is 39.7. The number of hydrogen-bond donors (Lipinski definition) is 2. The Balaban J connectivity index is 2.07. The van der Waals surface area contributed by atoms with Gasteiger partial charge >= 0.3 is 6.18 Å². The van der Waals surface area contributed by atoms with E-state index >= 15 is 0 Å². The molecule has 2 atom stereocenters. The number of aromatic nitrogens is 2. The zero-order valence-corrected chi connectivity index (χ0v) is 13.1. The SMILES string of the molecule is Nc1cc(C2CCCCC2N)nc(-c2ccccc2C(F)(F)F)n1. The van der Waals surface area contributed by atoms with Crippen molar-refractivity contribution < 1.29 is 13.2 Å². The van der Waals surface area contributed by atoms with E-state index in [4.69, 9.17) is 11.5 Å². The highest BCUT2D eigenvalue weighted by Gasteiger charge is 2.34. The van der Waals surface area contributed by atoms with Gasteiger partial charge in [0, 0.05) is 23.6 Å². The molecule has 1 aromatic carbocycles. The molecule has 1 aromatic heterocycles. The van der Waals surface area contributed by atoms with Crippen LogP contribution in [-0.4, -0.2) is 16.0 Å². The fraction of sp³-hybridized carbons (Fsp3) is 0.412. The first-order valence-electron chi connectivity index (χ1n) is 7.93. The average molecular weight is 336 g/mol. The second-order valence-corrected chi connectivity index (χ2v) is 6.14. The van der Waals surface area contributed by atoms with Gasteiger partial charge in [-0.3, -0.25) is 0 Å². The van der Waals surface area contributed by atoms with Crippen LogP contribution in [0.25, 0.3) is 11.4 Å². The quantitative estimate of drug-likeness (QED) is 0.876. The Hall–Kier alpha value is -2.15. The third kappa shape index (κ3) is 3.36. The molecular formula is C17H19F3N4. The number of benzene rings is 1. The second-order valence-electron chi connectivity index (χ2n) is 6.14. The minimum absolute atomic E-state index is 0.000786. The number of alkyl halides is 3. The van der Waals surface area contributed by atoms with Gasteiger partial charge in [-0.15, -0.1) is 0 Å². The molecule has 7 heteroatoms. The summed E-state index contributed by atoms with van der Waals surface area (Å²) in [6.45, 7) is 0. The Morgan fingerprint density at radius 1 is 1.04 bits per heavy atom. The molecule has 1 aliphatic rings. The zero-order valence-electron chi connectivity index (χ0n) is 13.1. The molecule has 0 radical (unpaired) electrons. The number of hydrogen-bond acceptors (Lipinski definition) is 4. The van der Waals surface area contributed by atoms with Gasteiger partial charge in [0.1, 0.15) is 5.82 Å². The summed E-state index contributed by atoms with van der Waals surface area (Å²) in [5.74, 6) is 0.154. The van der Waals surface area contributed by atoms with Crippen LogP contribution in [0.4, 0.5) is 19.0 Å². The number of nitrogen functional groups attached to an aromatic ring is 1. The molecule has 0 bridgehead atoms. The second kappa shape index (κ2) is 6.39. The first-order chi connectivity index (χ1) is 11.4. The van der Waals surface area contributed by atoms with Crippen molar-refractivity contribution in [2.45, 2.75) is 43.8 Å². The average Bonchev–Trinajstić information content (AvgIpc) is 2.54. The van der Waals surface area contributed by atoms with Gasteiger partial charge in [0.25, 0.3) is 0 Å². The summed E-state index contributed by atoms with van der Waals surface area (Å²) in [6.07, 6.45) is -0.661. The third-order valence-electron chi connectivity index (χ3n) is 4.44. The highest BCUT2D eigenvalue weighted by molar-refractivity contribution is 5.62. The van der Waals surface area contributed by atoms with E-state index < -0.39 is 11.7 Å². The largest absolute Gasteiger partial charge is 0.417 e. The Labute approximate surface area is 138 Å². The molecule has 0 saturated heterocycles. The smallest absolute Gasteiger partial charge is 0.384 e. The van der Waals surface area contributed by atoms with Crippen molar-refractivity contribution in [2.75, 3.05) is 5.73 Å². The lowest BCUT2D eigenvalue weighted by Crippen LogP contribution is -2.32. The molecule has 3 rings (SSSR count). The maximum absolute atomic E-state index is 13.2. The molecule has 0 aliphatic heterocycles. The van der Waals surface area contributed by atoms with E-state index in [0.717, 1.165) is 31.7 Å². The first-order valence-corrected chi connectivity index (χ1v) is 7.93. The van der Waals surface area contributed by atoms with Crippen LogP contribution in [0.5, 0.6) is 0 Å². The van der Waals surface area contributed by atoms with Gasteiger partial charge in [-0.25, -0.2) is 9.97 Å². The predicted octanol–water partition coefficient (Wildman–Crippen LogP) is 3.73. The molecule has 4 nitrogen and oxygen atoms in total. The maximum Gasteiger partial charge on any atom is 0.417 e. The Morgan fingerprint density at radius 2 is 1.75 bits per heavy atom. The van der Waals surface area contributed by atoms with Gasteiger partial charge < -0.3 is 11.5 Å². The predicted molar refractivity (Wildman–Crippen MR) is 86.1 cm³/mol. The van der Waals surface area contributed by atoms with E-state index in [1.807, 2.05) is 0 Å². The summed E-state index contributed by atoms with van der Waals surface area (Å²) in [6, 6.07) is 6.82. The van der Waals surface area contributed by atoms with E-state index in [-0.39, 0.29) is 29.2 Å². The molecule has 1 heterocycles. The molecule has 0 amide bonds. The van der Waals surface area contributed by atoms with Crippen LogP contribution in [0.3, 0.4) is 0 Å². The van der Waals surface area contributed by atoms with Gasteiger partial charge in [0.05, 0.1) is 11.3 Å². The van der Waals surface area contributed by atoms with Crippen LogP contribution in [0.1, 0.15) is 42.9 Å². The summed E-state index contributed by atoms with van der Waals surface area (Å²) in [5, 5.41) is 0. The first kappa shape index (κ1) is 16.7. The van der Waals surface area contributed by atoms with Crippen molar-refractivity contribution in [3.63, 3.8) is 0 Å². The summed E-state index contributed by atoms with van der Waals surface area (Å²) >= 11 is 0. The van der Waals surface area contributed by atoms with Crippen molar-refractivity contribution in [2.24, 2.45) is 5.73 Å². The van der Waals surface area contributed by atoms with Crippen molar-refractivity contribution in [3.05, 3.63) is 41.6 Å². The minimum Gasteiger partial charge on any atom is -0.384 e. The summed E-state index contributed by atoms with van der Waals surface area (Å²) in [7, 11) is 0. The van der Waals surface area contributed by atoms with E-state index in [1.54, 1.807) is 6.07 Å². The number of nitrogens with zero attached hydrogens (tertiary/aromatic N) is 2. The van der Waals surface area contributed by atoms with Crippen LogP contribution >= 0.6 is 0 Å². The van der Waals surface area contributed by atoms with Gasteiger partial charge in [0.2, 0.25) is 0 Å². The van der Waals surface area contributed by atoms with Crippen LogP contribution < -0.4 is 11.5 Å². The molecule has 2 unspecified atom stereocenters. The van der Waals surface area contributed by atoms with Crippen molar-refractivity contribution in [3.8, 4) is 11.4 Å². The fourth-order valence-corrected chi connectivity index (χ4v) is 3.25. The molecule has 4 N–H and O–H groups in total. The van der Waals surface area contributed by atoms with E-state index in [2.05, 4.69) is 9.97 Å². The van der Waals surface area contributed by atoms with Crippen LogP contribution in [0.2, 0.25) is 0 Å². The number of anilines is 1. The lowest BCUT2D eigenvalue weighted by atomic mass is 9.83. The number of halogens is 3. The van der Waals surface area contributed by atoms with E-state index in [1.165, 1.54) is 18.2 Å². The summed E-state index contributed by atoms with van der Waals surface area (Å²) in [4.78, 5) is 8.40. The van der Waals surface area contributed by atoms with Gasteiger partial charge in [-0.1, -0.05) is 31.0 Å². The van der Waals surface area contributed by atoms with E-state index in [9.17, 15) is 13.2 Å². The highest BCUT2D eigenvalue weighted by atomic mass is 19.4. The normalized spacial score (nSPS) is 21.7. The van der Waals surface area contributed by atoms with Crippen LogP contribution in [0.15, 0.2) is 30.3 Å². The molecule has 1 aliphatic carbocycles. The molecule has 128 valence electrons. The summed E-state index contributed by atoms with van der Waals surface area (Å²) in [5.41, 5.74) is 11.8. The van der Waals surface area contributed by atoms with Crippen molar-refractivity contribution in [1.29, 1.82) is 0 Å². The highest BCUT2D eigenvalue weighted by Crippen LogP contribution is 2.37. The lowest BCUT2D eigenvalue weighted by Gasteiger charge is -2.28. The van der Waals surface area contributed by atoms with Gasteiger partial charge in [-0.05, 0) is 18.9 Å². The maximum atomic E-state index is 13.2. The Bertz CT molecular complexity index is 730. The molecule has 1 saturated carbocycles. The molecule has 24 heavy (non-hydrogen) atoms. The number of nitrogens with two attached hydrogens (primary N) is 2. The molecule has 2 aromatic rings. The topological polar surface area (TPSA) is 77.8 Å². The molecule has 0 spiro atoms. The van der Waals surface area contributed by atoms with Crippen molar-refractivity contribution in [1.82, 2.24) is 9.97 Å². The fourth-order valence-electron chi connectivity index (χ4n) is 3.25. The Morgan fingerprint density at radius 3 is 2.46 bits per heavy atom. The lowest BCUT2D eigenvalue weighted by molar-refractivity contribution is -0.137.